The van der Waals surface area contributed by atoms with Gasteiger partial charge in [-0.25, -0.2) is 4.39 Å². The minimum absolute atomic E-state index is 0.0666. The molecule has 0 bridgehead atoms. The van der Waals surface area contributed by atoms with Gasteiger partial charge in [0.1, 0.15) is 17.3 Å². The molecule has 4 heterocycles. The van der Waals surface area contributed by atoms with Gasteiger partial charge in [0.05, 0.1) is 12.3 Å². The Balaban J connectivity index is 1.15. The minimum Gasteiger partial charge on any atom is -0.493 e. The Morgan fingerprint density at radius 2 is 1.82 bits per heavy atom. The molecule has 3 amide bonds. The number of nitrogens with zero attached hydrogens (tertiary/aromatic N) is 3. The first-order chi connectivity index (χ1) is 18.4. The van der Waals surface area contributed by atoms with Crippen molar-refractivity contribution < 1.29 is 23.5 Å². The molecule has 0 unspecified atom stereocenters. The number of rotatable bonds is 4. The molecule has 194 valence electrons. The maximum Gasteiger partial charge on any atom is 0.276 e. The van der Waals surface area contributed by atoms with Gasteiger partial charge in [-0.1, -0.05) is 0 Å². The number of amides is 3. The second-order valence-electron chi connectivity index (χ2n) is 10.5. The number of fused-ring (bicyclic) bond motifs is 3. The largest absolute Gasteiger partial charge is 0.493 e. The maximum absolute atomic E-state index is 14.6. The predicted octanol–water partition coefficient (Wildman–Crippen LogP) is 3.94. The summed E-state index contributed by atoms with van der Waals surface area (Å²) in [5.41, 5.74) is 3.10. The third-order valence-electron chi connectivity index (χ3n) is 8.11. The van der Waals surface area contributed by atoms with Gasteiger partial charge in [0, 0.05) is 54.4 Å². The maximum atomic E-state index is 14.6. The van der Waals surface area contributed by atoms with Gasteiger partial charge in [-0.15, -0.1) is 0 Å². The third kappa shape index (κ3) is 3.58. The Kier molecular flexibility index (Phi) is 5.08. The summed E-state index contributed by atoms with van der Waals surface area (Å²) in [6, 6.07) is 10.4. The van der Waals surface area contributed by atoms with Crippen LogP contribution in [-0.4, -0.2) is 47.6 Å². The molecule has 1 aliphatic carbocycles. The first kappa shape index (κ1) is 22.9. The van der Waals surface area contributed by atoms with Crippen molar-refractivity contribution in [1.82, 2.24) is 10.2 Å². The number of nitrogens with one attached hydrogen (secondary N) is 2. The first-order valence-electron chi connectivity index (χ1n) is 13.0. The van der Waals surface area contributed by atoms with Crippen molar-refractivity contribution in [3.63, 3.8) is 0 Å². The Morgan fingerprint density at radius 3 is 2.55 bits per heavy atom. The Bertz CT molecular complexity index is 1490. The summed E-state index contributed by atoms with van der Waals surface area (Å²) in [6.45, 7) is 1.61. The number of anilines is 3. The van der Waals surface area contributed by atoms with Crippen LogP contribution in [0.4, 0.5) is 21.5 Å². The van der Waals surface area contributed by atoms with Crippen LogP contribution in [0.1, 0.15) is 64.2 Å². The van der Waals surface area contributed by atoms with E-state index in [0.29, 0.717) is 43.9 Å². The number of hydrogen-bond donors (Lipinski definition) is 2. The lowest BCUT2D eigenvalue weighted by Crippen LogP contribution is -2.44. The molecule has 0 atom stereocenters. The molecular formula is C28H26FN5O4. The van der Waals surface area contributed by atoms with Gasteiger partial charge in [-0.2, -0.15) is 5.10 Å². The summed E-state index contributed by atoms with van der Waals surface area (Å²) < 4.78 is 20.0. The highest BCUT2D eigenvalue weighted by Gasteiger charge is 2.55. The second-order valence-corrected chi connectivity index (χ2v) is 10.5. The van der Waals surface area contributed by atoms with E-state index in [2.05, 4.69) is 15.5 Å². The van der Waals surface area contributed by atoms with E-state index in [1.165, 1.54) is 6.07 Å². The van der Waals surface area contributed by atoms with E-state index in [-0.39, 0.29) is 34.3 Å². The monoisotopic (exact) mass is 515 g/mol. The van der Waals surface area contributed by atoms with Crippen LogP contribution in [0.2, 0.25) is 0 Å². The van der Waals surface area contributed by atoms with Crippen molar-refractivity contribution in [2.45, 2.75) is 43.9 Å². The van der Waals surface area contributed by atoms with Crippen molar-refractivity contribution in [2.75, 3.05) is 34.8 Å². The van der Waals surface area contributed by atoms with Crippen LogP contribution in [0, 0.1) is 5.82 Å². The van der Waals surface area contributed by atoms with Crippen molar-refractivity contribution in [1.29, 1.82) is 0 Å². The van der Waals surface area contributed by atoms with E-state index in [1.807, 2.05) is 24.3 Å². The SMILES string of the molecule is O=C(Nc1cc2c(cc1F)OCC2)c1n[nH]c2c1C1(CC1)CN(c1ccc(N3CCCCC3=O)cc1)C2=O. The molecule has 3 aromatic rings. The van der Waals surface area contributed by atoms with Crippen LogP contribution in [0.15, 0.2) is 36.4 Å². The number of benzene rings is 2. The molecular weight excluding hydrogens is 489 g/mol. The molecule has 38 heavy (non-hydrogen) atoms. The second kappa shape index (κ2) is 8.41. The van der Waals surface area contributed by atoms with Crippen molar-refractivity contribution >= 4 is 34.8 Å². The zero-order chi connectivity index (χ0) is 26.0. The number of hydrogen-bond acceptors (Lipinski definition) is 5. The van der Waals surface area contributed by atoms with E-state index in [4.69, 9.17) is 4.74 Å². The molecule has 1 spiro atoms. The summed E-state index contributed by atoms with van der Waals surface area (Å²) in [4.78, 5) is 42.6. The van der Waals surface area contributed by atoms with Gasteiger partial charge in [-0.05, 0) is 61.6 Å². The van der Waals surface area contributed by atoms with Crippen LogP contribution in [0.5, 0.6) is 5.75 Å². The number of carbonyl (C=O) groups is 3. The average molecular weight is 516 g/mol. The Hall–Kier alpha value is -4.21. The molecule has 4 aliphatic rings. The molecule has 10 heteroatoms. The quantitative estimate of drug-likeness (QED) is 0.547. The zero-order valence-corrected chi connectivity index (χ0v) is 20.7. The molecule has 2 aromatic carbocycles. The highest BCUT2D eigenvalue weighted by molar-refractivity contribution is 6.12. The fraction of sp³-hybridized carbons (Fsp3) is 0.357. The fourth-order valence-corrected chi connectivity index (χ4v) is 5.90. The van der Waals surface area contributed by atoms with Gasteiger partial charge < -0.3 is 19.9 Å². The topological polar surface area (TPSA) is 108 Å². The smallest absolute Gasteiger partial charge is 0.276 e. The molecule has 9 nitrogen and oxygen atoms in total. The zero-order valence-electron chi connectivity index (χ0n) is 20.7. The van der Waals surface area contributed by atoms with E-state index in [9.17, 15) is 18.8 Å². The number of aromatic amines is 1. The number of ether oxygens (including phenoxy) is 1. The molecule has 1 aromatic heterocycles. The fourth-order valence-electron chi connectivity index (χ4n) is 5.90. The number of H-pyrrole nitrogens is 1. The molecule has 2 N–H and O–H groups in total. The summed E-state index contributed by atoms with van der Waals surface area (Å²) in [7, 11) is 0. The number of aromatic nitrogens is 2. The van der Waals surface area contributed by atoms with E-state index in [1.54, 1.807) is 15.9 Å². The van der Waals surface area contributed by atoms with Crippen molar-refractivity contribution in [2.24, 2.45) is 0 Å². The van der Waals surface area contributed by atoms with Crippen LogP contribution in [0.25, 0.3) is 0 Å². The predicted molar refractivity (Wildman–Crippen MR) is 137 cm³/mol. The molecule has 7 rings (SSSR count). The third-order valence-corrected chi connectivity index (χ3v) is 8.11. The van der Waals surface area contributed by atoms with Crippen LogP contribution >= 0.6 is 0 Å². The molecule has 1 saturated carbocycles. The normalized spacial score (nSPS) is 19.3. The van der Waals surface area contributed by atoms with Gasteiger partial charge in [0.15, 0.2) is 5.69 Å². The van der Waals surface area contributed by atoms with Gasteiger partial charge >= 0.3 is 0 Å². The van der Waals surface area contributed by atoms with Gasteiger partial charge in [-0.3, -0.25) is 19.5 Å². The van der Waals surface area contributed by atoms with Crippen LogP contribution in [-0.2, 0) is 16.6 Å². The molecule has 2 fully saturated rings. The van der Waals surface area contributed by atoms with Crippen LogP contribution < -0.4 is 19.9 Å². The van der Waals surface area contributed by atoms with Gasteiger partial charge in [0.25, 0.3) is 11.8 Å². The van der Waals surface area contributed by atoms with Crippen molar-refractivity contribution in [3.8, 4) is 5.75 Å². The summed E-state index contributed by atoms with van der Waals surface area (Å²) in [6.07, 6.45) is 4.73. The molecule has 3 aliphatic heterocycles. The van der Waals surface area contributed by atoms with Gasteiger partial charge in [0.2, 0.25) is 5.91 Å². The number of piperidine rings is 1. The van der Waals surface area contributed by atoms with E-state index < -0.39 is 11.7 Å². The molecule has 0 radical (unpaired) electrons. The number of carbonyl (C=O) groups excluding carboxylic acids is 3. The van der Waals surface area contributed by atoms with Crippen molar-refractivity contribution in [3.05, 3.63) is 64.7 Å². The Labute approximate surface area is 217 Å². The first-order valence-corrected chi connectivity index (χ1v) is 13.0. The Morgan fingerprint density at radius 1 is 1.05 bits per heavy atom. The lowest BCUT2D eigenvalue weighted by Gasteiger charge is -2.33. The highest BCUT2D eigenvalue weighted by atomic mass is 19.1. The summed E-state index contributed by atoms with van der Waals surface area (Å²) in [5.74, 6) is -0.789. The summed E-state index contributed by atoms with van der Waals surface area (Å²) >= 11 is 0. The van der Waals surface area contributed by atoms with Crippen LogP contribution in [0.3, 0.4) is 0 Å². The summed E-state index contributed by atoms with van der Waals surface area (Å²) in [5, 5.41) is 9.66. The van der Waals surface area contributed by atoms with E-state index >= 15 is 0 Å². The lowest BCUT2D eigenvalue weighted by atomic mass is 9.88. The molecule has 1 saturated heterocycles. The number of halogens is 1. The minimum atomic E-state index is -0.582. The standard InChI is InChI=1S/C28H26FN5O4/c29-19-14-21-16(8-12-38-21)13-20(19)30-26(36)24-23-25(32-31-24)27(37)34(15-28(23)9-10-28)18-6-4-17(5-7-18)33-11-2-1-3-22(33)35/h4-7,13-14H,1-3,8-12,15H2,(H,30,36)(H,31,32). The van der Waals surface area contributed by atoms with E-state index in [0.717, 1.165) is 42.6 Å². The highest BCUT2D eigenvalue weighted by Crippen LogP contribution is 2.54. The average Bonchev–Trinajstić information content (AvgIpc) is 3.30. The lowest BCUT2D eigenvalue weighted by molar-refractivity contribution is -0.119.